The standard InChI is InChI=1S/C13H17N3/c1-4-10-5-7-11(8-6-10)12-9(2)15-16(3)13(12)14/h5-8H,4,14H2,1-3H3. The fourth-order valence-corrected chi connectivity index (χ4v) is 1.94. The summed E-state index contributed by atoms with van der Waals surface area (Å²) in [5.41, 5.74) is 10.5. The zero-order valence-electron chi connectivity index (χ0n) is 9.99. The molecular weight excluding hydrogens is 198 g/mol. The van der Waals surface area contributed by atoms with E-state index < -0.39 is 0 Å². The molecule has 0 aliphatic rings. The van der Waals surface area contributed by atoms with E-state index in [0.717, 1.165) is 29.1 Å². The van der Waals surface area contributed by atoms with Crippen LogP contribution in [0.1, 0.15) is 18.2 Å². The summed E-state index contributed by atoms with van der Waals surface area (Å²) >= 11 is 0. The third-order valence-electron chi connectivity index (χ3n) is 2.92. The number of nitrogen functional groups attached to an aromatic ring is 1. The Morgan fingerprint density at radius 1 is 1.25 bits per heavy atom. The molecule has 1 heterocycles. The van der Waals surface area contributed by atoms with E-state index in [1.807, 2.05) is 14.0 Å². The van der Waals surface area contributed by atoms with Gasteiger partial charge in [-0.15, -0.1) is 0 Å². The van der Waals surface area contributed by atoms with E-state index in [4.69, 9.17) is 5.73 Å². The van der Waals surface area contributed by atoms with Gasteiger partial charge in [0.2, 0.25) is 0 Å². The molecule has 0 aliphatic carbocycles. The summed E-state index contributed by atoms with van der Waals surface area (Å²) in [7, 11) is 1.87. The van der Waals surface area contributed by atoms with Crippen molar-refractivity contribution >= 4 is 5.82 Å². The van der Waals surface area contributed by atoms with Crippen LogP contribution >= 0.6 is 0 Å². The van der Waals surface area contributed by atoms with Gasteiger partial charge < -0.3 is 5.73 Å². The molecule has 2 N–H and O–H groups in total. The number of rotatable bonds is 2. The monoisotopic (exact) mass is 215 g/mol. The molecule has 0 radical (unpaired) electrons. The van der Waals surface area contributed by atoms with Crippen LogP contribution in [0.4, 0.5) is 5.82 Å². The molecule has 0 atom stereocenters. The first-order valence-electron chi connectivity index (χ1n) is 5.52. The molecule has 0 fully saturated rings. The molecule has 2 rings (SSSR count). The van der Waals surface area contributed by atoms with Gasteiger partial charge in [0.15, 0.2) is 0 Å². The zero-order valence-corrected chi connectivity index (χ0v) is 9.99. The molecule has 0 amide bonds. The van der Waals surface area contributed by atoms with Gasteiger partial charge in [0.05, 0.1) is 5.69 Å². The maximum absolute atomic E-state index is 6.01. The van der Waals surface area contributed by atoms with Gasteiger partial charge in [-0.05, 0) is 24.5 Å². The summed E-state index contributed by atoms with van der Waals surface area (Å²) in [5, 5.41) is 4.32. The number of anilines is 1. The topological polar surface area (TPSA) is 43.8 Å². The largest absolute Gasteiger partial charge is 0.383 e. The van der Waals surface area contributed by atoms with Crippen LogP contribution in [0.15, 0.2) is 24.3 Å². The van der Waals surface area contributed by atoms with Crippen molar-refractivity contribution in [2.24, 2.45) is 7.05 Å². The van der Waals surface area contributed by atoms with E-state index in [-0.39, 0.29) is 0 Å². The number of aromatic nitrogens is 2. The second kappa shape index (κ2) is 4.00. The van der Waals surface area contributed by atoms with Gasteiger partial charge in [-0.2, -0.15) is 5.10 Å². The van der Waals surface area contributed by atoms with Crippen LogP contribution in [0.5, 0.6) is 0 Å². The zero-order chi connectivity index (χ0) is 11.7. The van der Waals surface area contributed by atoms with Crippen molar-refractivity contribution < 1.29 is 0 Å². The van der Waals surface area contributed by atoms with Gasteiger partial charge in [-0.1, -0.05) is 31.2 Å². The predicted octanol–water partition coefficient (Wildman–Crippen LogP) is 2.54. The van der Waals surface area contributed by atoms with Gasteiger partial charge in [0.25, 0.3) is 0 Å². The molecule has 0 spiro atoms. The minimum atomic E-state index is 0.724. The second-order valence-corrected chi connectivity index (χ2v) is 4.02. The Morgan fingerprint density at radius 3 is 2.31 bits per heavy atom. The third kappa shape index (κ3) is 1.69. The first-order valence-corrected chi connectivity index (χ1v) is 5.52. The summed E-state index contributed by atoms with van der Waals surface area (Å²) in [5.74, 6) is 0.724. The maximum atomic E-state index is 6.01. The fourth-order valence-electron chi connectivity index (χ4n) is 1.94. The molecule has 3 nitrogen and oxygen atoms in total. The Labute approximate surface area is 95.9 Å². The molecule has 1 aromatic heterocycles. The Hall–Kier alpha value is -1.77. The summed E-state index contributed by atoms with van der Waals surface area (Å²) in [6.45, 7) is 4.14. The minimum absolute atomic E-state index is 0.724. The Kier molecular flexibility index (Phi) is 2.69. The molecular formula is C13H17N3. The average molecular weight is 215 g/mol. The van der Waals surface area contributed by atoms with Crippen molar-refractivity contribution in [3.63, 3.8) is 0 Å². The molecule has 1 aromatic carbocycles. The molecule has 0 aliphatic heterocycles. The highest BCUT2D eigenvalue weighted by Gasteiger charge is 2.11. The normalized spacial score (nSPS) is 10.7. The summed E-state index contributed by atoms with van der Waals surface area (Å²) in [6, 6.07) is 8.50. The predicted molar refractivity (Wildman–Crippen MR) is 67.2 cm³/mol. The number of nitrogens with zero attached hydrogens (tertiary/aromatic N) is 2. The summed E-state index contributed by atoms with van der Waals surface area (Å²) in [6.07, 6.45) is 1.06. The lowest BCUT2D eigenvalue weighted by Gasteiger charge is -2.03. The van der Waals surface area contributed by atoms with Crippen LogP contribution in [-0.4, -0.2) is 9.78 Å². The molecule has 0 saturated carbocycles. The quantitative estimate of drug-likeness (QED) is 0.836. The number of aryl methyl sites for hydroxylation is 3. The highest BCUT2D eigenvalue weighted by atomic mass is 15.3. The van der Waals surface area contributed by atoms with Crippen molar-refractivity contribution in [2.45, 2.75) is 20.3 Å². The lowest BCUT2D eigenvalue weighted by Crippen LogP contribution is -1.98. The van der Waals surface area contributed by atoms with E-state index in [1.54, 1.807) is 4.68 Å². The molecule has 2 aromatic rings. The van der Waals surface area contributed by atoms with Crippen molar-refractivity contribution in [2.75, 3.05) is 5.73 Å². The lowest BCUT2D eigenvalue weighted by molar-refractivity contribution is 0.767. The van der Waals surface area contributed by atoms with Crippen LogP contribution in [0.25, 0.3) is 11.1 Å². The number of benzene rings is 1. The smallest absolute Gasteiger partial charge is 0.129 e. The van der Waals surface area contributed by atoms with E-state index in [9.17, 15) is 0 Å². The Bertz CT molecular complexity index is 495. The average Bonchev–Trinajstić information content (AvgIpc) is 2.54. The summed E-state index contributed by atoms with van der Waals surface area (Å²) in [4.78, 5) is 0. The number of hydrogen-bond donors (Lipinski definition) is 1. The van der Waals surface area contributed by atoms with Crippen LogP contribution in [-0.2, 0) is 13.5 Å². The fraction of sp³-hybridized carbons (Fsp3) is 0.308. The van der Waals surface area contributed by atoms with Gasteiger partial charge in [0, 0.05) is 12.6 Å². The third-order valence-corrected chi connectivity index (χ3v) is 2.92. The van der Waals surface area contributed by atoms with E-state index in [2.05, 4.69) is 36.3 Å². The first kappa shape index (κ1) is 10.7. The van der Waals surface area contributed by atoms with Gasteiger partial charge >= 0.3 is 0 Å². The number of nitrogens with two attached hydrogens (primary N) is 1. The van der Waals surface area contributed by atoms with E-state index >= 15 is 0 Å². The van der Waals surface area contributed by atoms with E-state index in [1.165, 1.54) is 5.56 Å². The van der Waals surface area contributed by atoms with Crippen molar-refractivity contribution in [3.8, 4) is 11.1 Å². The second-order valence-electron chi connectivity index (χ2n) is 4.02. The van der Waals surface area contributed by atoms with Crippen molar-refractivity contribution in [3.05, 3.63) is 35.5 Å². The van der Waals surface area contributed by atoms with Crippen LogP contribution in [0.2, 0.25) is 0 Å². The SMILES string of the molecule is CCc1ccc(-c2c(C)nn(C)c2N)cc1. The molecule has 0 unspecified atom stereocenters. The first-order chi connectivity index (χ1) is 7.63. The molecule has 16 heavy (non-hydrogen) atoms. The lowest BCUT2D eigenvalue weighted by atomic mass is 10.0. The minimum Gasteiger partial charge on any atom is -0.383 e. The maximum Gasteiger partial charge on any atom is 0.129 e. The van der Waals surface area contributed by atoms with Gasteiger partial charge in [-0.3, -0.25) is 4.68 Å². The van der Waals surface area contributed by atoms with Crippen LogP contribution < -0.4 is 5.73 Å². The highest BCUT2D eigenvalue weighted by molar-refractivity contribution is 5.76. The van der Waals surface area contributed by atoms with Crippen LogP contribution in [0, 0.1) is 6.92 Å². The molecule has 0 bridgehead atoms. The molecule has 0 saturated heterocycles. The van der Waals surface area contributed by atoms with Crippen molar-refractivity contribution in [1.82, 2.24) is 9.78 Å². The number of hydrogen-bond acceptors (Lipinski definition) is 2. The van der Waals surface area contributed by atoms with E-state index in [0.29, 0.717) is 0 Å². The highest BCUT2D eigenvalue weighted by Crippen LogP contribution is 2.28. The van der Waals surface area contributed by atoms with Crippen LogP contribution in [0.3, 0.4) is 0 Å². The van der Waals surface area contributed by atoms with Crippen molar-refractivity contribution in [1.29, 1.82) is 0 Å². The Balaban J connectivity index is 2.50. The summed E-state index contributed by atoms with van der Waals surface area (Å²) < 4.78 is 1.72. The molecule has 84 valence electrons. The molecule has 3 heteroatoms. The Morgan fingerprint density at radius 2 is 1.88 bits per heavy atom. The van der Waals surface area contributed by atoms with Gasteiger partial charge in [-0.25, -0.2) is 0 Å². The van der Waals surface area contributed by atoms with Gasteiger partial charge in [0.1, 0.15) is 5.82 Å².